The number of aromatic nitrogens is 4. The number of likely N-dealkylation sites (tertiary alicyclic amines) is 1. The lowest BCUT2D eigenvalue weighted by Gasteiger charge is -2.45. The lowest BCUT2D eigenvalue weighted by atomic mass is 9.70. The van der Waals surface area contributed by atoms with Gasteiger partial charge in [-0.2, -0.15) is 5.10 Å². The van der Waals surface area contributed by atoms with Gasteiger partial charge in [0.05, 0.1) is 30.2 Å². The Labute approximate surface area is 327 Å². The predicted molar refractivity (Wildman–Crippen MR) is 202 cm³/mol. The third kappa shape index (κ3) is 8.90. The van der Waals surface area contributed by atoms with Gasteiger partial charge in [0.2, 0.25) is 11.8 Å². The highest BCUT2D eigenvalue weighted by atomic mass is 19.3. The second-order valence-electron chi connectivity index (χ2n) is 16.3. The molecule has 0 radical (unpaired) electrons. The van der Waals surface area contributed by atoms with Crippen LogP contribution in [0.4, 0.5) is 29.9 Å². The minimum absolute atomic E-state index is 0.0200. The van der Waals surface area contributed by atoms with Crippen molar-refractivity contribution in [2.24, 2.45) is 11.3 Å². The van der Waals surface area contributed by atoms with E-state index in [4.69, 9.17) is 9.15 Å². The number of carboxylic acid groups (broad SMARTS) is 1. The molecule has 4 amide bonds. The predicted octanol–water partition coefficient (Wildman–Crippen LogP) is 6.41. The summed E-state index contributed by atoms with van der Waals surface area (Å²) < 4.78 is 40.7. The van der Waals surface area contributed by atoms with Gasteiger partial charge in [0.25, 0.3) is 12.3 Å². The van der Waals surface area contributed by atoms with Gasteiger partial charge in [0.1, 0.15) is 23.2 Å². The van der Waals surface area contributed by atoms with Gasteiger partial charge in [-0.1, -0.05) is 32.9 Å². The molecule has 0 unspecified atom stereocenters. The van der Waals surface area contributed by atoms with E-state index in [1.165, 1.54) is 22.0 Å². The lowest BCUT2D eigenvalue weighted by Crippen LogP contribution is -2.63. The molecule has 2 aliphatic rings. The van der Waals surface area contributed by atoms with Crippen molar-refractivity contribution in [2.75, 3.05) is 23.3 Å². The van der Waals surface area contributed by atoms with E-state index >= 15 is 0 Å². The molecule has 4 aromatic rings. The molecule has 1 saturated carbocycles. The Hall–Kier alpha value is -5.91. The number of anilines is 2. The van der Waals surface area contributed by atoms with Crippen LogP contribution in [0.3, 0.4) is 0 Å². The van der Waals surface area contributed by atoms with Crippen molar-refractivity contribution >= 4 is 35.5 Å². The van der Waals surface area contributed by atoms with Crippen LogP contribution in [-0.4, -0.2) is 89.2 Å². The number of aliphatic hydroxyl groups is 1. The SMILES string of the molecule is CC(C)(C)OC(=O)N(CC1CC1)c1cc(-c2nc(C(=O)Nc3cn(-c4ccc(CNC(=O)[C@@]5(C(C)(C)C)C[C@@H](O)CN5C(=O)O)cc4)nc3C(F)F)co2)ccn1. The maximum Gasteiger partial charge on any atom is 0.416 e. The van der Waals surface area contributed by atoms with Crippen LogP contribution in [0.25, 0.3) is 17.1 Å². The average molecular weight is 793 g/mol. The number of oxazole rings is 1. The van der Waals surface area contributed by atoms with E-state index in [1.807, 2.05) is 0 Å². The van der Waals surface area contributed by atoms with E-state index in [0.717, 1.165) is 24.0 Å². The first kappa shape index (κ1) is 40.7. The van der Waals surface area contributed by atoms with E-state index in [2.05, 4.69) is 25.7 Å². The molecule has 1 saturated heterocycles. The molecule has 1 aromatic carbocycles. The lowest BCUT2D eigenvalue weighted by molar-refractivity contribution is -0.137. The Morgan fingerprint density at radius 3 is 2.40 bits per heavy atom. The highest BCUT2D eigenvalue weighted by Crippen LogP contribution is 2.44. The summed E-state index contributed by atoms with van der Waals surface area (Å²) in [6.45, 7) is 10.8. The fourth-order valence-electron chi connectivity index (χ4n) is 6.80. The van der Waals surface area contributed by atoms with Crippen LogP contribution in [0.5, 0.6) is 0 Å². The van der Waals surface area contributed by atoms with Gasteiger partial charge in [0, 0.05) is 31.3 Å². The average Bonchev–Trinajstić information content (AvgIpc) is 3.47. The first-order chi connectivity index (χ1) is 26.8. The van der Waals surface area contributed by atoms with Gasteiger partial charge in [0.15, 0.2) is 11.4 Å². The molecule has 4 N–H and O–H groups in total. The monoisotopic (exact) mass is 792 g/mol. The van der Waals surface area contributed by atoms with Crippen molar-refractivity contribution in [2.45, 2.75) is 91.0 Å². The summed E-state index contributed by atoms with van der Waals surface area (Å²) in [6, 6.07) is 9.63. The highest BCUT2D eigenvalue weighted by Gasteiger charge is 2.59. The van der Waals surface area contributed by atoms with Gasteiger partial charge in [-0.25, -0.2) is 33.0 Å². The van der Waals surface area contributed by atoms with Crippen molar-refractivity contribution in [1.29, 1.82) is 0 Å². The number of hydrogen-bond donors (Lipinski definition) is 4. The Morgan fingerprint density at radius 1 is 1.09 bits per heavy atom. The number of halogens is 2. The van der Waals surface area contributed by atoms with Crippen LogP contribution in [0.15, 0.2) is 59.5 Å². The van der Waals surface area contributed by atoms with E-state index in [0.29, 0.717) is 35.1 Å². The normalized spacial score (nSPS) is 18.4. The number of hydrogen-bond acceptors (Lipinski definition) is 10. The van der Waals surface area contributed by atoms with Crippen molar-refractivity contribution < 1.29 is 47.3 Å². The summed E-state index contributed by atoms with van der Waals surface area (Å²) in [5, 5.41) is 29.4. The quantitative estimate of drug-likeness (QED) is 0.131. The van der Waals surface area contributed by atoms with Crippen molar-refractivity contribution in [3.05, 3.63) is 72.0 Å². The molecule has 2 atom stereocenters. The molecular weight excluding hydrogens is 746 g/mol. The number of ether oxygens (including phenoxy) is 1. The minimum atomic E-state index is -3.04. The largest absolute Gasteiger partial charge is 0.465 e. The molecule has 2 fully saturated rings. The number of β-amino-alcohol motifs (C(OH)–C–C–N with tert-alkyl or cyclic N) is 1. The zero-order valence-corrected chi connectivity index (χ0v) is 32.5. The minimum Gasteiger partial charge on any atom is -0.465 e. The molecule has 0 bridgehead atoms. The Balaban J connectivity index is 1.14. The van der Waals surface area contributed by atoms with Crippen LogP contribution in [-0.2, 0) is 16.1 Å². The van der Waals surface area contributed by atoms with Crippen LogP contribution in [0.2, 0.25) is 0 Å². The van der Waals surface area contributed by atoms with E-state index in [9.17, 15) is 38.2 Å². The summed E-state index contributed by atoms with van der Waals surface area (Å²) in [7, 11) is 0. The molecular formula is C39H46F2N8O8. The number of rotatable bonds is 11. The number of alkyl halides is 2. The second kappa shape index (κ2) is 15.6. The first-order valence-electron chi connectivity index (χ1n) is 18.4. The number of nitrogens with one attached hydrogen (secondary N) is 2. The molecule has 16 nitrogen and oxygen atoms in total. The molecule has 1 aliphatic heterocycles. The molecule has 18 heteroatoms. The van der Waals surface area contributed by atoms with Crippen molar-refractivity contribution in [1.82, 2.24) is 30.0 Å². The smallest absolute Gasteiger partial charge is 0.416 e. The first-order valence-corrected chi connectivity index (χ1v) is 18.4. The van der Waals surface area contributed by atoms with Crippen molar-refractivity contribution in [3.8, 4) is 17.1 Å². The molecule has 304 valence electrons. The number of aliphatic hydroxyl groups excluding tert-OH is 1. The summed E-state index contributed by atoms with van der Waals surface area (Å²) in [5.41, 5.74) is -2.80. The van der Waals surface area contributed by atoms with E-state index in [1.54, 1.807) is 77.9 Å². The maximum atomic E-state index is 14.2. The van der Waals surface area contributed by atoms with Crippen LogP contribution in [0.1, 0.15) is 89.0 Å². The van der Waals surface area contributed by atoms with Gasteiger partial charge in [-0.3, -0.25) is 19.4 Å². The summed E-state index contributed by atoms with van der Waals surface area (Å²) in [6.07, 6.45) is -0.188. The number of carbonyl (C=O) groups excluding carboxylic acids is 3. The highest BCUT2D eigenvalue weighted by molar-refractivity contribution is 6.03. The van der Waals surface area contributed by atoms with Crippen LogP contribution >= 0.6 is 0 Å². The van der Waals surface area contributed by atoms with Crippen molar-refractivity contribution in [3.63, 3.8) is 0 Å². The van der Waals surface area contributed by atoms with Gasteiger partial charge in [-0.15, -0.1) is 0 Å². The standard InChI is InChI=1S/C39H46F2N8O8/c1-37(2,3)39(16-26(50)19-48(39)35(53)54)34(52)43-17-22-9-11-25(12-10-22)49-20-27(30(46-49)31(40)41)44-32(51)28-21-56-33(45-28)24-13-14-42-29(15-24)47(18-23-7-8-23)36(55)57-38(4,5)6/h9-15,20-21,23,26,31,50H,7-8,16-19H2,1-6H3,(H,43,52)(H,44,51)(H,53,54)/t26-,39-/m1/s1. The Morgan fingerprint density at radius 2 is 1.79 bits per heavy atom. The van der Waals surface area contributed by atoms with Gasteiger partial charge < -0.3 is 30.0 Å². The van der Waals surface area contributed by atoms with E-state index in [-0.39, 0.29) is 36.8 Å². The van der Waals surface area contributed by atoms with Gasteiger partial charge >= 0.3 is 12.2 Å². The number of pyridine rings is 1. The maximum absolute atomic E-state index is 14.2. The molecule has 1 aliphatic carbocycles. The molecule has 4 heterocycles. The number of benzene rings is 1. The number of nitrogens with zero attached hydrogens (tertiary/aromatic N) is 6. The zero-order chi connectivity index (χ0) is 41.4. The fraction of sp³-hybridized carbons (Fsp3) is 0.462. The molecule has 6 rings (SSSR count). The fourth-order valence-corrected chi connectivity index (χ4v) is 6.80. The topological polar surface area (TPSA) is 205 Å². The number of carbonyl (C=O) groups is 4. The number of amides is 4. The molecule has 57 heavy (non-hydrogen) atoms. The summed E-state index contributed by atoms with van der Waals surface area (Å²) >= 11 is 0. The Kier molecular flexibility index (Phi) is 11.1. The zero-order valence-electron chi connectivity index (χ0n) is 32.5. The third-order valence-corrected chi connectivity index (χ3v) is 9.84. The van der Waals surface area contributed by atoms with Crippen LogP contribution < -0.4 is 15.5 Å². The molecule has 0 spiro atoms. The summed E-state index contributed by atoms with van der Waals surface area (Å²) in [5.74, 6) is -0.702. The third-order valence-electron chi connectivity index (χ3n) is 9.84. The Bertz CT molecular complexity index is 2140. The van der Waals surface area contributed by atoms with Crippen LogP contribution in [0, 0.1) is 11.3 Å². The molecule has 3 aromatic heterocycles. The van der Waals surface area contributed by atoms with Gasteiger partial charge in [-0.05, 0) is 74.8 Å². The second-order valence-corrected chi connectivity index (χ2v) is 16.3. The van der Waals surface area contributed by atoms with E-state index < -0.39 is 58.8 Å². The summed E-state index contributed by atoms with van der Waals surface area (Å²) in [4.78, 5) is 63.0.